The van der Waals surface area contributed by atoms with E-state index in [1.165, 1.54) is 36.9 Å². The second kappa shape index (κ2) is 6.12. The highest BCUT2D eigenvalue weighted by Crippen LogP contribution is 2.29. The predicted molar refractivity (Wildman–Crippen MR) is 83.6 cm³/mol. The second-order valence-corrected chi connectivity index (χ2v) is 6.07. The smallest absolute Gasteiger partial charge is 0.0650 e. The van der Waals surface area contributed by atoms with Crippen LogP contribution in [0, 0.1) is 11.8 Å². The second-order valence-electron chi connectivity index (χ2n) is 6.07. The molecule has 1 aliphatic carbocycles. The van der Waals surface area contributed by atoms with Crippen LogP contribution in [0.2, 0.25) is 0 Å². The summed E-state index contributed by atoms with van der Waals surface area (Å²) in [7, 11) is 0. The van der Waals surface area contributed by atoms with Crippen LogP contribution < -0.4 is 5.32 Å². The molecule has 1 saturated carbocycles. The molecule has 106 valence electrons. The van der Waals surface area contributed by atoms with Crippen molar-refractivity contribution < 1.29 is 0 Å². The Morgan fingerprint density at radius 1 is 1.30 bits per heavy atom. The Morgan fingerprint density at radius 2 is 2.25 bits per heavy atom. The van der Waals surface area contributed by atoms with E-state index in [2.05, 4.69) is 46.7 Å². The van der Waals surface area contributed by atoms with Crippen molar-refractivity contribution in [2.45, 2.75) is 32.6 Å². The molecule has 1 heterocycles. The van der Waals surface area contributed by atoms with Crippen LogP contribution in [0.15, 0.2) is 36.5 Å². The van der Waals surface area contributed by atoms with E-state index in [0.717, 1.165) is 24.1 Å². The van der Waals surface area contributed by atoms with Crippen molar-refractivity contribution in [3.63, 3.8) is 0 Å². The molecule has 1 aromatic carbocycles. The lowest BCUT2D eigenvalue weighted by Crippen LogP contribution is -2.20. The summed E-state index contributed by atoms with van der Waals surface area (Å²) >= 11 is 0. The first-order chi connectivity index (χ1) is 9.81. The van der Waals surface area contributed by atoms with Gasteiger partial charge in [-0.15, -0.1) is 0 Å². The Bertz CT molecular complexity index is 533. The Balaban J connectivity index is 1.61. The highest BCUT2D eigenvalue weighted by molar-refractivity contribution is 5.64. The summed E-state index contributed by atoms with van der Waals surface area (Å²) in [6.07, 6.45) is 7.33. The zero-order valence-electron chi connectivity index (χ0n) is 12.1. The van der Waals surface area contributed by atoms with Crippen molar-refractivity contribution in [2.24, 2.45) is 11.8 Å². The number of hydrogen-bond donors (Lipinski definition) is 2. The molecule has 2 unspecified atom stereocenters. The molecule has 3 rings (SSSR count). The summed E-state index contributed by atoms with van der Waals surface area (Å²) in [6.45, 7) is 3.47. The van der Waals surface area contributed by atoms with Gasteiger partial charge in [0.25, 0.3) is 0 Å². The van der Waals surface area contributed by atoms with E-state index >= 15 is 0 Å². The minimum atomic E-state index is 0.828. The van der Waals surface area contributed by atoms with Crippen molar-refractivity contribution in [3.05, 3.63) is 36.5 Å². The Labute approximate surface area is 120 Å². The van der Waals surface area contributed by atoms with Crippen molar-refractivity contribution in [2.75, 3.05) is 11.9 Å². The molecule has 1 aromatic heterocycles. The van der Waals surface area contributed by atoms with Gasteiger partial charge in [0, 0.05) is 24.0 Å². The van der Waals surface area contributed by atoms with E-state index < -0.39 is 0 Å². The summed E-state index contributed by atoms with van der Waals surface area (Å²) in [4.78, 5) is 0. The maximum atomic E-state index is 4.01. The molecule has 1 fully saturated rings. The molecule has 0 amide bonds. The normalized spacial score (nSPS) is 22.6. The largest absolute Gasteiger partial charge is 0.385 e. The first-order valence-corrected chi connectivity index (χ1v) is 7.65. The van der Waals surface area contributed by atoms with Gasteiger partial charge < -0.3 is 5.32 Å². The van der Waals surface area contributed by atoms with Gasteiger partial charge in [0.1, 0.15) is 0 Å². The summed E-state index contributed by atoms with van der Waals surface area (Å²) in [6, 6.07) is 10.6. The maximum Gasteiger partial charge on any atom is 0.0650 e. The van der Waals surface area contributed by atoms with Gasteiger partial charge in [0.15, 0.2) is 0 Å². The van der Waals surface area contributed by atoms with Gasteiger partial charge in [-0.25, -0.2) is 0 Å². The van der Waals surface area contributed by atoms with Gasteiger partial charge in [-0.3, -0.25) is 5.10 Å². The Kier molecular flexibility index (Phi) is 4.05. The summed E-state index contributed by atoms with van der Waals surface area (Å²) in [5.41, 5.74) is 3.46. The number of aromatic amines is 1. The molecule has 2 N–H and O–H groups in total. The number of aromatic nitrogens is 2. The van der Waals surface area contributed by atoms with Gasteiger partial charge in [-0.05, 0) is 42.9 Å². The van der Waals surface area contributed by atoms with Crippen LogP contribution in [-0.4, -0.2) is 16.7 Å². The summed E-state index contributed by atoms with van der Waals surface area (Å²) in [5, 5.41) is 10.6. The third kappa shape index (κ3) is 3.21. The maximum absolute atomic E-state index is 4.01. The molecule has 0 bridgehead atoms. The van der Waals surface area contributed by atoms with E-state index in [1.807, 2.05) is 6.07 Å². The molecule has 2 aromatic rings. The van der Waals surface area contributed by atoms with Crippen molar-refractivity contribution in [3.8, 4) is 11.3 Å². The van der Waals surface area contributed by atoms with Crippen molar-refractivity contribution >= 4 is 5.69 Å². The van der Waals surface area contributed by atoms with E-state index in [0.29, 0.717) is 0 Å². The lowest BCUT2D eigenvalue weighted by Gasteiger charge is -2.27. The minimum Gasteiger partial charge on any atom is -0.385 e. The Hall–Kier alpha value is -1.77. The molecular formula is C17H23N3. The van der Waals surface area contributed by atoms with Crippen LogP contribution in [0.3, 0.4) is 0 Å². The molecule has 0 aliphatic heterocycles. The SMILES string of the molecule is CC1CCCC(CNc2cccc(-c3ccn[nH]3)c2)C1. The third-order valence-corrected chi connectivity index (χ3v) is 4.31. The standard InChI is InChI=1S/C17H23N3/c1-13-4-2-5-14(10-13)12-18-16-7-3-6-15(11-16)17-8-9-19-20-17/h3,6-9,11,13-14,18H,2,4-5,10,12H2,1H3,(H,19,20). The molecule has 20 heavy (non-hydrogen) atoms. The molecule has 3 nitrogen and oxygen atoms in total. The average molecular weight is 269 g/mol. The van der Waals surface area contributed by atoms with E-state index in [-0.39, 0.29) is 0 Å². The van der Waals surface area contributed by atoms with Crippen LogP contribution in [0.4, 0.5) is 5.69 Å². The monoisotopic (exact) mass is 269 g/mol. The predicted octanol–water partition coefficient (Wildman–Crippen LogP) is 4.31. The lowest BCUT2D eigenvalue weighted by atomic mass is 9.82. The zero-order chi connectivity index (χ0) is 13.8. The van der Waals surface area contributed by atoms with Crippen LogP contribution in [-0.2, 0) is 0 Å². The van der Waals surface area contributed by atoms with Crippen molar-refractivity contribution in [1.29, 1.82) is 0 Å². The molecule has 2 atom stereocenters. The van der Waals surface area contributed by atoms with Crippen LogP contribution in [0.1, 0.15) is 32.6 Å². The molecule has 3 heteroatoms. The minimum absolute atomic E-state index is 0.828. The summed E-state index contributed by atoms with van der Waals surface area (Å²) < 4.78 is 0. The lowest BCUT2D eigenvalue weighted by molar-refractivity contribution is 0.293. The zero-order valence-corrected chi connectivity index (χ0v) is 12.1. The first kappa shape index (κ1) is 13.2. The number of nitrogens with zero attached hydrogens (tertiary/aromatic N) is 1. The van der Waals surface area contributed by atoms with Gasteiger partial charge in [0.05, 0.1) is 5.69 Å². The topological polar surface area (TPSA) is 40.7 Å². The molecular weight excluding hydrogens is 246 g/mol. The average Bonchev–Trinajstić information content (AvgIpc) is 3.00. The van der Waals surface area contributed by atoms with Crippen molar-refractivity contribution in [1.82, 2.24) is 10.2 Å². The highest BCUT2D eigenvalue weighted by atomic mass is 15.1. The fourth-order valence-electron chi connectivity index (χ4n) is 3.22. The van der Waals surface area contributed by atoms with Crippen LogP contribution >= 0.6 is 0 Å². The van der Waals surface area contributed by atoms with E-state index in [9.17, 15) is 0 Å². The first-order valence-electron chi connectivity index (χ1n) is 7.65. The fourth-order valence-corrected chi connectivity index (χ4v) is 3.22. The number of nitrogens with one attached hydrogen (secondary N) is 2. The van der Waals surface area contributed by atoms with Gasteiger partial charge in [-0.1, -0.05) is 31.9 Å². The molecule has 1 aliphatic rings. The fraction of sp³-hybridized carbons (Fsp3) is 0.471. The van der Waals surface area contributed by atoms with E-state index in [1.54, 1.807) is 6.20 Å². The number of rotatable bonds is 4. The van der Waals surface area contributed by atoms with Gasteiger partial charge in [0.2, 0.25) is 0 Å². The number of anilines is 1. The van der Waals surface area contributed by atoms with Crippen LogP contribution in [0.25, 0.3) is 11.3 Å². The molecule has 0 radical (unpaired) electrons. The number of H-pyrrole nitrogens is 1. The molecule has 0 spiro atoms. The van der Waals surface area contributed by atoms with Gasteiger partial charge >= 0.3 is 0 Å². The van der Waals surface area contributed by atoms with Crippen LogP contribution in [0.5, 0.6) is 0 Å². The van der Waals surface area contributed by atoms with Gasteiger partial charge in [-0.2, -0.15) is 5.10 Å². The number of benzene rings is 1. The highest BCUT2D eigenvalue weighted by Gasteiger charge is 2.18. The Morgan fingerprint density at radius 3 is 3.05 bits per heavy atom. The van der Waals surface area contributed by atoms with E-state index in [4.69, 9.17) is 0 Å². The number of hydrogen-bond acceptors (Lipinski definition) is 2. The molecule has 0 saturated heterocycles. The summed E-state index contributed by atoms with van der Waals surface area (Å²) in [5.74, 6) is 1.72. The quantitative estimate of drug-likeness (QED) is 0.868. The third-order valence-electron chi connectivity index (χ3n) is 4.31.